The Kier molecular flexibility index (Phi) is 7.37. The molecular formula is C26H31N5O3. The van der Waals surface area contributed by atoms with Crippen LogP contribution in [0, 0.1) is 24.0 Å². The van der Waals surface area contributed by atoms with Crippen molar-refractivity contribution in [3.8, 4) is 0 Å². The third-order valence-corrected chi connectivity index (χ3v) is 6.47. The number of hydrogen-bond acceptors (Lipinski definition) is 5. The molecule has 0 bridgehead atoms. The second kappa shape index (κ2) is 10.6. The maximum absolute atomic E-state index is 12.8. The van der Waals surface area contributed by atoms with Gasteiger partial charge in [0.05, 0.1) is 11.5 Å². The van der Waals surface area contributed by atoms with E-state index in [1.54, 1.807) is 30.7 Å². The molecule has 8 nitrogen and oxygen atoms in total. The third kappa shape index (κ3) is 5.51. The Morgan fingerprint density at radius 2 is 1.68 bits per heavy atom. The molecule has 1 N–H and O–H groups in total. The maximum atomic E-state index is 12.8. The van der Waals surface area contributed by atoms with Gasteiger partial charge in [-0.25, -0.2) is 0 Å². The number of amides is 1. The number of benzene rings is 2. The number of nitro groups is 1. The van der Waals surface area contributed by atoms with Crippen LogP contribution in [0.25, 0.3) is 0 Å². The lowest BCUT2D eigenvalue weighted by Gasteiger charge is -2.27. The van der Waals surface area contributed by atoms with Crippen LogP contribution in [-0.2, 0) is 19.6 Å². The van der Waals surface area contributed by atoms with Crippen molar-refractivity contribution < 1.29 is 9.72 Å². The number of piperidine rings is 1. The third-order valence-electron chi connectivity index (χ3n) is 6.47. The van der Waals surface area contributed by atoms with E-state index in [-0.39, 0.29) is 11.6 Å². The minimum atomic E-state index is -0.397. The first-order chi connectivity index (χ1) is 16.4. The lowest BCUT2D eigenvalue weighted by Crippen LogP contribution is -2.30. The molecule has 178 valence electrons. The van der Waals surface area contributed by atoms with Gasteiger partial charge < -0.3 is 5.32 Å². The maximum Gasteiger partial charge on any atom is 0.312 e. The predicted octanol–water partition coefficient (Wildman–Crippen LogP) is 4.37. The number of carbonyl (C=O) groups is 1. The molecule has 4 rings (SSSR count). The number of rotatable bonds is 8. The molecule has 1 amide bonds. The van der Waals surface area contributed by atoms with Gasteiger partial charge in [0.25, 0.3) is 5.91 Å². The summed E-state index contributed by atoms with van der Waals surface area (Å²) in [5.41, 5.74) is 4.88. The monoisotopic (exact) mass is 461 g/mol. The quantitative estimate of drug-likeness (QED) is 0.397. The molecule has 0 radical (unpaired) electrons. The molecular weight excluding hydrogens is 430 g/mol. The standard InChI is InChI=1S/C26H31N5O3/c1-19-25(31(33)34)20(2)30(28-19)17-21-10-12-22(13-11-21)26(32)27-16-23-8-4-5-9-24(23)18-29-14-6-3-7-15-29/h4-5,8-13H,3,6-7,14-18H2,1-2H3,(H,27,32). The molecule has 0 unspecified atom stereocenters. The second-order valence-electron chi connectivity index (χ2n) is 8.92. The topological polar surface area (TPSA) is 93.3 Å². The molecule has 1 aliphatic rings. The van der Waals surface area contributed by atoms with Crippen molar-refractivity contribution in [3.05, 3.63) is 92.3 Å². The zero-order valence-electron chi connectivity index (χ0n) is 19.8. The number of nitrogens with zero attached hydrogens (tertiary/aromatic N) is 4. The van der Waals surface area contributed by atoms with Gasteiger partial charge in [-0.15, -0.1) is 0 Å². The van der Waals surface area contributed by atoms with Gasteiger partial charge >= 0.3 is 5.69 Å². The Morgan fingerprint density at radius 3 is 2.32 bits per heavy atom. The van der Waals surface area contributed by atoms with Crippen molar-refractivity contribution in [2.75, 3.05) is 13.1 Å². The molecule has 0 aliphatic carbocycles. The van der Waals surface area contributed by atoms with Gasteiger partial charge in [-0.05, 0) is 68.6 Å². The lowest BCUT2D eigenvalue weighted by molar-refractivity contribution is -0.386. The zero-order valence-corrected chi connectivity index (χ0v) is 19.8. The fourth-order valence-electron chi connectivity index (χ4n) is 4.56. The van der Waals surface area contributed by atoms with E-state index in [0.29, 0.717) is 30.0 Å². The van der Waals surface area contributed by atoms with Gasteiger partial charge in [0.2, 0.25) is 0 Å². The number of aryl methyl sites for hydroxylation is 1. The minimum Gasteiger partial charge on any atom is -0.348 e. The average Bonchev–Trinajstić information content (AvgIpc) is 3.12. The summed E-state index contributed by atoms with van der Waals surface area (Å²) in [5.74, 6) is -0.124. The van der Waals surface area contributed by atoms with Crippen LogP contribution in [0.1, 0.15) is 57.7 Å². The van der Waals surface area contributed by atoms with Gasteiger partial charge in [0.15, 0.2) is 0 Å². The first kappa shape index (κ1) is 23.6. The van der Waals surface area contributed by atoms with Crippen molar-refractivity contribution in [2.24, 2.45) is 0 Å². The highest BCUT2D eigenvalue weighted by Gasteiger charge is 2.21. The molecule has 2 aromatic carbocycles. The van der Waals surface area contributed by atoms with Crippen molar-refractivity contribution >= 4 is 11.6 Å². The fraction of sp³-hybridized carbons (Fsp3) is 0.385. The number of nitrogens with one attached hydrogen (secondary N) is 1. The van der Waals surface area contributed by atoms with E-state index in [1.165, 1.54) is 24.8 Å². The summed E-state index contributed by atoms with van der Waals surface area (Å²) in [6, 6.07) is 15.6. The molecule has 1 saturated heterocycles. The largest absolute Gasteiger partial charge is 0.348 e. The highest BCUT2D eigenvalue weighted by atomic mass is 16.6. The van der Waals surface area contributed by atoms with Gasteiger partial charge in [0, 0.05) is 18.7 Å². The van der Waals surface area contributed by atoms with Crippen molar-refractivity contribution in [2.45, 2.75) is 52.7 Å². The van der Waals surface area contributed by atoms with E-state index in [2.05, 4.69) is 33.5 Å². The average molecular weight is 462 g/mol. The summed E-state index contributed by atoms with van der Waals surface area (Å²) in [6.45, 7) is 7.43. The number of carbonyl (C=O) groups excluding carboxylic acids is 1. The highest BCUT2D eigenvalue weighted by molar-refractivity contribution is 5.94. The van der Waals surface area contributed by atoms with Crippen LogP contribution in [-0.4, -0.2) is 38.6 Å². The van der Waals surface area contributed by atoms with E-state index in [4.69, 9.17) is 0 Å². The summed E-state index contributed by atoms with van der Waals surface area (Å²) in [6.07, 6.45) is 3.82. The molecule has 0 atom stereocenters. The second-order valence-corrected chi connectivity index (χ2v) is 8.92. The summed E-state index contributed by atoms with van der Waals surface area (Å²) >= 11 is 0. The zero-order chi connectivity index (χ0) is 24.1. The first-order valence-corrected chi connectivity index (χ1v) is 11.8. The van der Waals surface area contributed by atoms with Crippen molar-refractivity contribution in [1.82, 2.24) is 20.0 Å². The van der Waals surface area contributed by atoms with Crippen LogP contribution in [0.5, 0.6) is 0 Å². The molecule has 0 spiro atoms. The van der Waals surface area contributed by atoms with E-state index in [0.717, 1.165) is 30.8 Å². The summed E-state index contributed by atoms with van der Waals surface area (Å²) < 4.78 is 1.63. The van der Waals surface area contributed by atoms with Crippen LogP contribution in [0.2, 0.25) is 0 Å². The Bertz CT molecular complexity index is 1160. The van der Waals surface area contributed by atoms with E-state index < -0.39 is 4.92 Å². The molecule has 8 heteroatoms. The van der Waals surface area contributed by atoms with Crippen LogP contribution >= 0.6 is 0 Å². The van der Waals surface area contributed by atoms with Gasteiger partial charge in [-0.1, -0.05) is 42.8 Å². The van der Waals surface area contributed by atoms with Gasteiger partial charge in [-0.2, -0.15) is 5.10 Å². The minimum absolute atomic E-state index is 0.0524. The summed E-state index contributed by atoms with van der Waals surface area (Å²) in [7, 11) is 0. The van der Waals surface area contributed by atoms with E-state index in [9.17, 15) is 14.9 Å². The Balaban J connectivity index is 1.37. The Hall–Kier alpha value is -3.52. The molecule has 34 heavy (non-hydrogen) atoms. The smallest absolute Gasteiger partial charge is 0.312 e. The highest BCUT2D eigenvalue weighted by Crippen LogP contribution is 2.22. The number of hydrogen-bond donors (Lipinski definition) is 1. The molecule has 2 heterocycles. The van der Waals surface area contributed by atoms with Crippen LogP contribution in [0.4, 0.5) is 5.69 Å². The van der Waals surface area contributed by atoms with E-state index in [1.807, 2.05) is 18.2 Å². The van der Waals surface area contributed by atoms with Crippen LogP contribution in [0.15, 0.2) is 48.5 Å². The first-order valence-electron chi connectivity index (χ1n) is 11.8. The molecule has 1 aliphatic heterocycles. The summed E-state index contributed by atoms with van der Waals surface area (Å²) in [4.78, 5) is 26.1. The van der Waals surface area contributed by atoms with Gasteiger partial charge in [-0.3, -0.25) is 24.5 Å². The van der Waals surface area contributed by atoms with Crippen LogP contribution in [0.3, 0.4) is 0 Å². The van der Waals surface area contributed by atoms with Crippen molar-refractivity contribution in [3.63, 3.8) is 0 Å². The Morgan fingerprint density at radius 1 is 1.00 bits per heavy atom. The molecule has 3 aromatic rings. The van der Waals surface area contributed by atoms with Crippen LogP contribution < -0.4 is 5.32 Å². The van der Waals surface area contributed by atoms with Gasteiger partial charge in [0.1, 0.15) is 11.4 Å². The predicted molar refractivity (Wildman–Crippen MR) is 131 cm³/mol. The molecule has 1 fully saturated rings. The molecule has 0 saturated carbocycles. The lowest BCUT2D eigenvalue weighted by atomic mass is 10.0. The number of likely N-dealkylation sites (tertiary alicyclic amines) is 1. The SMILES string of the molecule is Cc1nn(Cc2ccc(C(=O)NCc3ccccc3CN3CCCCC3)cc2)c(C)c1[N+](=O)[O-]. The Labute approximate surface area is 199 Å². The van der Waals surface area contributed by atoms with E-state index >= 15 is 0 Å². The molecule has 1 aromatic heterocycles. The van der Waals surface area contributed by atoms with Crippen molar-refractivity contribution in [1.29, 1.82) is 0 Å². The fourth-order valence-corrected chi connectivity index (χ4v) is 4.56. The summed E-state index contributed by atoms with van der Waals surface area (Å²) in [5, 5.41) is 18.6. The number of aromatic nitrogens is 2. The normalized spacial score (nSPS) is 14.2.